The fourth-order valence-corrected chi connectivity index (χ4v) is 4.73. The van der Waals surface area contributed by atoms with Gasteiger partial charge in [-0.3, -0.25) is 4.79 Å². The van der Waals surface area contributed by atoms with E-state index in [1.54, 1.807) is 0 Å². The van der Waals surface area contributed by atoms with Crippen LogP contribution in [0.4, 0.5) is 0 Å². The van der Waals surface area contributed by atoms with E-state index in [0.717, 1.165) is 19.3 Å². The molecule has 2 aliphatic heterocycles. The predicted octanol–water partition coefficient (Wildman–Crippen LogP) is 0.998. The van der Waals surface area contributed by atoms with Crippen LogP contribution < -0.4 is 0 Å². The summed E-state index contributed by atoms with van der Waals surface area (Å²) in [5, 5.41) is 30.3. The third-order valence-electron chi connectivity index (χ3n) is 6.69. The monoisotopic (exact) mass is 454 g/mol. The van der Waals surface area contributed by atoms with E-state index in [9.17, 15) is 24.9 Å². The number of ether oxygens (including phenoxy) is 4. The van der Waals surface area contributed by atoms with Gasteiger partial charge >= 0.3 is 11.9 Å². The van der Waals surface area contributed by atoms with Gasteiger partial charge in [-0.15, -0.1) is 0 Å². The Morgan fingerprint density at radius 1 is 1.22 bits per heavy atom. The highest BCUT2D eigenvalue weighted by Crippen LogP contribution is 2.43. The number of carbonyl (C=O) groups is 2. The SMILES string of the molecule is C=C1C(=O)O[C@@H]2CC(C)=C([C@@H](C)CCCO[C@@H]3O[C@H](COC(C)=O)[C@@H](O)[C@H](O)[C@H]3O)C[C@H]12. The molecule has 3 N–H and O–H groups in total. The lowest BCUT2D eigenvalue weighted by Crippen LogP contribution is -2.59. The third-order valence-corrected chi connectivity index (χ3v) is 6.69. The minimum atomic E-state index is -1.47. The van der Waals surface area contributed by atoms with Gasteiger partial charge < -0.3 is 34.3 Å². The van der Waals surface area contributed by atoms with Crippen LogP contribution in [-0.4, -0.2) is 77.3 Å². The number of aliphatic hydroxyl groups is 3. The Hall–Kier alpha value is -1.78. The van der Waals surface area contributed by atoms with Gasteiger partial charge in [-0.05, 0) is 32.1 Å². The van der Waals surface area contributed by atoms with Gasteiger partial charge in [0.2, 0.25) is 0 Å². The highest BCUT2D eigenvalue weighted by molar-refractivity contribution is 5.91. The van der Waals surface area contributed by atoms with E-state index < -0.39 is 36.7 Å². The molecule has 0 unspecified atom stereocenters. The van der Waals surface area contributed by atoms with Crippen molar-refractivity contribution in [3.63, 3.8) is 0 Å². The first kappa shape index (κ1) is 24.9. The van der Waals surface area contributed by atoms with Gasteiger partial charge in [0.25, 0.3) is 0 Å². The predicted molar refractivity (Wildman–Crippen MR) is 112 cm³/mol. The molecule has 0 bridgehead atoms. The van der Waals surface area contributed by atoms with Crippen molar-refractivity contribution in [2.75, 3.05) is 13.2 Å². The second-order valence-corrected chi connectivity index (χ2v) is 9.02. The van der Waals surface area contributed by atoms with Crippen LogP contribution in [0.1, 0.15) is 46.5 Å². The molecule has 0 saturated carbocycles. The molecule has 0 spiro atoms. The summed E-state index contributed by atoms with van der Waals surface area (Å²) in [4.78, 5) is 22.8. The molecule has 0 aromatic rings. The largest absolute Gasteiger partial charge is 0.463 e. The zero-order chi connectivity index (χ0) is 23.6. The minimum absolute atomic E-state index is 0.0488. The fraction of sp³-hybridized carbons (Fsp3) is 0.739. The van der Waals surface area contributed by atoms with E-state index >= 15 is 0 Å². The van der Waals surface area contributed by atoms with Gasteiger partial charge in [0.05, 0.1) is 0 Å². The maximum absolute atomic E-state index is 11.8. The Morgan fingerprint density at radius 3 is 2.62 bits per heavy atom. The van der Waals surface area contributed by atoms with Crippen LogP contribution in [0.2, 0.25) is 0 Å². The number of esters is 2. The van der Waals surface area contributed by atoms with Crippen LogP contribution in [-0.2, 0) is 28.5 Å². The molecule has 32 heavy (non-hydrogen) atoms. The van der Waals surface area contributed by atoms with E-state index in [0.29, 0.717) is 12.0 Å². The van der Waals surface area contributed by atoms with Crippen molar-refractivity contribution < 1.29 is 43.9 Å². The Labute approximate surface area is 188 Å². The second-order valence-electron chi connectivity index (χ2n) is 9.02. The lowest BCUT2D eigenvalue weighted by Gasteiger charge is -2.40. The molecular formula is C23H34O9. The first-order valence-corrected chi connectivity index (χ1v) is 11.1. The normalized spacial score (nSPS) is 36.0. The number of rotatable bonds is 8. The molecule has 0 aromatic heterocycles. The van der Waals surface area contributed by atoms with E-state index in [-0.39, 0.29) is 37.1 Å². The van der Waals surface area contributed by atoms with Gasteiger partial charge in [0.1, 0.15) is 37.1 Å². The summed E-state index contributed by atoms with van der Waals surface area (Å²) < 4.78 is 21.4. The zero-order valence-corrected chi connectivity index (χ0v) is 18.9. The number of fused-ring (bicyclic) bond motifs is 1. The molecule has 2 heterocycles. The molecule has 3 rings (SSSR count). The van der Waals surface area contributed by atoms with Gasteiger partial charge in [0.15, 0.2) is 6.29 Å². The molecule has 2 fully saturated rings. The molecule has 3 aliphatic rings. The summed E-state index contributed by atoms with van der Waals surface area (Å²) in [5.41, 5.74) is 3.13. The molecule has 9 heteroatoms. The van der Waals surface area contributed by atoms with Crippen LogP contribution in [0.25, 0.3) is 0 Å². The molecule has 0 radical (unpaired) electrons. The average molecular weight is 455 g/mol. The average Bonchev–Trinajstić information content (AvgIpc) is 3.01. The molecule has 0 aromatic carbocycles. The van der Waals surface area contributed by atoms with Crippen LogP contribution >= 0.6 is 0 Å². The summed E-state index contributed by atoms with van der Waals surface area (Å²) in [6.07, 6.45) is -3.48. The summed E-state index contributed by atoms with van der Waals surface area (Å²) in [6, 6.07) is 0. The van der Waals surface area contributed by atoms with Gasteiger partial charge in [-0.1, -0.05) is 24.6 Å². The Bertz CT molecular complexity index is 761. The third kappa shape index (κ3) is 5.40. The topological polar surface area (TPSA) is 132 Å². The quantitative estimate of drug-likeness (QED) is 0.213. The van der Waals surface area contributed by atoms with Crippen LogP contribution in [0, 0.1) is 11.8 Å². The first-order chi connectivity index (χ1) is 15.1. The Kier molecular flexibility index (Phi) is 8.11. The second kappa shape index (κ2) is 10.4. The molecule has 8 atom stereocenters. The van der Waals surface area contributed by atoms with Crippen molar-refractivity contribution in [3.8, 4) is 0 Å². The molecule has 9 nitrogen and oxygen atoms in total. The maximum Gasteiger partial charge on any atom is 0.334 e. The summed E-state index contributed by atoms with van der Waals surface area (Å²) in [5.74, 6) is -0.499. The first-order valence-electron chi connectivity index (χ1n) is 11.1. The van der Waals surface area contributed by atoms with E-state index in [1.165, 1.54) is 18.1 Å². The van der Waals surface area contributed by atoms with Crippen molar-refractivity contribution in [2.24, 2.45) is 11.8 Å². The molecular weight excluding hydrogens is 420 g/mol. The molecule has 180 valence electrons. The van der Waals surface area contributed by atoms with Crippen molar-refractivity contribution in [1.82, 2.24) is 0 Å². The highest BCUT2D eigenvalue weighted by atomic mass is 16.7. The molecule has 2 saturated heterocycles. The van der Waals surface area contributed by atoms with Crippen molar-refractivity contribution in [3.05, 3.63) is 23.3 Å². The maximum atomic E-state index is 11.8. The molecule has 0 amide bonds. The summed E-state index contributed by atoms with van der Waals surface area (Å²) in [7, 11) is 0. The smallest absolute Gasteiger partial charge is 0.334 e. The zero-order valence-electron chi connectivity index (χ0n) is 18.9. The lowest BCUT2D eigenvalue weighted by molar-refractivity contribution is -0.301. The summed E-state index contributed by atoms with van der Waals surface area (Å²) >= 11 is 0. The highest BCUT2D eigenvalue weighted by Gasteiger charge is 2.45. The van der Waals surface area contributed by atoms with E-state index in [2.05, 4.69) is 20.4 Å². The summed E-state index contributed by atoms with van der Waals surface area (Å²) in [6.45, 7) is 9.37. The Balaban J connectivity index is 1.47. The van der Waals surface area contributed by atoms with Crippen molar-refractivity contribution in [2.45, 2.75) is 83.3 Å². The van der Waals surface area contributed by atoms with Gasteiger partial charge in [-0.2, -0.15) is 0 Å². The number of allylic oxidation sites excluding steroid dienone is 1. The van der Waals surface area contributed by atoms with Crippen molar-refractivity contribution in [1.29, 1.82) is 0 Å². The van der Waals surface area contributed by atoms with Crippen LogP contribution in [0.3, 0.4) is 0 Å². The number of hydrogen-bond donors (Lipinski definition) is 3. The van der Waals surface area contributed by atoms with Gasteiger partial charge in [0, 0.05) is 31.4 Å². The van der Waals surface area contributed by atoms with E-state index in [4.69, 9.17) is 18.9 Å². The van der Waals surface area contributed by atoms with Crippen molar-refractivity contribution >= 4 is 11.9 Å². The van der Waals surface area contributed by atoms with Gasteiger partial charge in [-0.25, -0.2) is 4.79 Å². The van der Waals surface area contributed by atoms with E-state index in [1.807, 2.05) is 0 Å². The van der Waals surface area contributed by atoms with Crippen LogP contribution in [0.5, 0.6) is 0 Å². The fourth-order valence-electron chi connectivity index (χ4n) is 4.73. The Morgan fingerprint density at radius 2 is 1.94 bits per heavy atom. The van der Waals surface area contributed by atoms with Crippen LogP contribution in [0.15, 0.2) is 23.3 Å². The molecule has 1 aliphatic carbocycles. The lowest BCUT2D eigenvalue weighted by atomic mass is 9.75. The minimum Gasteiger partial charge on any atom is -0.463 e. The standard InChI is InChI=1S/C23H34O9/c1-11(15-9-16-13(3)22(28)31-17(16)8-12(15)2)6-5-7-29-23-21(27)20(26)19(25)18(32-23)10-30-14(4)24/h11,16-21,23,25-27H,3,5-10H2,1-2,4H3/t11-,16+,17+,18+,19+,20-,21+,23+/m0/s1. The number of hydrogen-bond acceptors (Lipinski definition) is 9. The number of aliphatic hydroxyl groups excluding tert-OH is 3. The number of carbonyl (C=O) groups excluding carboxylic acids is 2.